The minimum absolute atomic E-state index is 0.0428. The number of carbonyl (C=O) groups is 1. The van der Waals surface area contributed by atoms with Crippen molar-refractivity contribution in [3.63, 3.8) is 0 Å². The Bertz CT molecular complexity index is 1320. The zero-order valence-corrected chi connectivity index (χ0v) is 19.4. The number of aromatic nitrogens is 1. The minimum atomic E-state index is -0.298. The Hall–Kier alpha value is -3.77. The Morgan fingerprint density at radius 3 is 2.89 bits per heavy atom. The van der Waals surface area contributed by atoms with Crippen LogP contribution in [0.5, 0.6) is 5.75 Å². The van der Waals surface area contributed by atoms with Gasteiger partial charge in [0.15, 0.2) is 0 Å². The summed E-state index contributed by atoms with van der Waals surface area (Å²) in [5.74, 6) is 0.423. The summed E-state index contributed by atoms with van der Waals surface area (Å²) in [6.45, 7) is 2.52. The molecule has 5 nitrogen and oxygen atoms in total. The van der Waals surface area contributed by atoms with E-state index in [9.17, 15) is 9.18 Å². The highest BCUT2D eigenvalue weighted by molar-refractivity contribution is 5.94. The molecule has 6 heteroatoms. The van der Waals surface area contributed by atoms with Crippen LogP contribution in [0.15, 0.2) is 85.2 Å². The summed E-state index contributed by atoms with van der Waals surface area (Å²) in [5, 5.41) is 2.30. The Morgan fingerprint density at radius 2 is 1.97 bits per heavy atom. The van der Waals surface area contributed by atoms with E-state index >= 15 is 0 Å². The van der Waals surface area contributed by atoms with E-state index in [1.165, 1.54) is 23.1 Å². The predicted octanol–water partition coefficient (Wildman–Crippen LogP) is 5.28. The van der Waals surface area contributed by atoms with Gasteiger partial charge >= 0.3 is 0 Å². The van der Waals surface area contributed by atoms with Gasteiger partial charge in [-0.15, -0.1) is 0 Å². The van der Waals surface area contributed by atoms with Gasteiger partial charge in [0.2, 0.25) is 0 Å². The fourth-order valence-corrected chi connectivity index (χ4v) is 4.56. The van der Waals surface area contributed by atoms with Crippen LogP contribution in [0.4, 0.5) is 4.39 Å². The van der Waals surface area contributed by atoms with Gasteiger partial charge in [-0.05, 0) is 59.3 Å². The van der Waals surface area contributed by atoms with E-state index in [4.69, 9.17) is 9.47 Å². The molecule has 0 aliphatic carbocycles. The Balaban J connectivity index is 1.27. The van der Waals surface area contributed by atoms with Crippen molar-refractivity contribution in [2.24, 2.45) is 5.92 Å². The molecule has 3 aromatic carbocycles. The second-order valence-corrected chi connectivity index (χ2v) is 8.86. The summed E-state index contributed by atoms with van der Waals surface area (Å²) in [7, 11) is 0. The number of hydrogen-bond acceptors (Lipinski definition) is 4. The quantitative estimate of drug-likeness (QED) is 0.385. The molecule has 0 bridgehead atoms. The van der Waals surface area contributed by atoms with Crippen LogP contribution in [-0.4, -0.2) is 42.1 Å². The highest BCUT2D eigenvalue weighted by atomic mass is 19.1. The standard InChI is InChI=1S/C29H27FN2O3/c30-26-8-1-4-21(15-26)20-35-27-9-3-6-24(16-27)29(33)32-12-13-34-19-22(18-32)14-23-5-2-7-25-17-31-11-10-28(23)25/h1-11,15-17,22H,12-14,18-20H2/t22-/m1/s1. The molecule has 5 rings (SSSR count). The van der Waals surface area contributed by atoms with Gasteiger partial charge in [0.05, 0.1) is 13.2 Å². The molecule has 1 aliphatic rings. The molecular formula is C29H27FN2O3. The maximum atomic E-state index is 13.4. The fraction of sp³-hybridized carbons (Fsp3) is 0.241. The summed E-state index contributed by atoms with van der Waals surface area (Å²) in [4.78, 5) is 19.5. The number of fused-ring (bicyclic) bond motifs is 1. The third kappa shape index (κ3) is 5.66. The van der Waals surface area contributed by atoms with Crippen molar-refractivity contribution < 1.29 is 18.7 Å². The summed E-state index contributed by atoms with van der Waals surface area (Å²) in [6, 6.07) is 21.8. The topological polar surface area (TPSA) is 51.7 Å². The average molecular weight is 471 g/mol. The van der Waals surface area contributed by atoms with Gasteiger partial charge in [0.25, 0.3) is 5.91 Å². The number of carbonyl (C=O) groups excluding carboxylic acids is 1. The normalized spacial score (nSPS) is 16.1. The fourth-order valence-electron chi connectivity index (χ4n) is 4.56. The molecule has 4 aromatic rings. The molecule has 0 saturated carbocycles. The van der Waals surface area contributed by atoms with Crippen LogP contribution in [0, 0.1) is 11.7 Å². The SMILES string of the molecule is O=C(c1cccc(OCc2cccc(F)c2)c1)N1CCOC[C@H](Cc2cccc3cnccc23)C1. The molecular weight excluding hydrogens is 443 g/mol. The number of amides is 1. The van der Waals surface area contributed by atoms with Gasteiger partial charge in [-0.1, -0.05) is 36.4 Å². The maximum Gasteiger partial charge on any atom is 0.254 e. The van der Waals surface area contributed by atoms with Crippen LogP contribution in [0.3, 0.4) is 0 Å². The first-order valence-corrected chi connectivity index (χ1v) is 11.8. The van der Waals surface area contributed by atoms with Crippen molar-refractivity contribution in [3.05, 3.63) is 108 Å². The van der Waals surface area contributed by atoms with E-state index in [1.807, 2.05) is 35.5 Å². The van der Waals surface area contributed by atoms with Crippen LogP contribution in [-0.2, 0) is 17.8 Å². The van der Waals surface area contributed by atoms with Gasteiger partial charge in [-0.25, -0.2) is 4.39 Å². The lowest BCUT2D eigenvalue weighted by atomic mass is 9.95. The van der Waals surface area contributed by atoms with Crippen molar-refractivity contribution in [2.45, 2.75) is 13.0 Å². The van der Waals surface area contributed by atoms with Crippen molar-refractivity contribution in [1.29, 1.82) is 0 Å². The van der Waals surface area contributed by atoms with E-state index < -0.39 is 0 Å². The smallest absolute Gasteiger partial charge is 0.254 e. The molecule has 1 aliphatic heterocycles. The molecule has 178 valence electrons. The first kappa shape index (κ1) is 23.0. The first-order chi connectivity index (χ1) is 17.2. The van der Waals surface area contributed by atoms with Crippen LogP contribution in [0.25, 0.3) is 10.8 Å². The van der Waals surface area contributed by atoms with Gasteiger partial charge in [0, 0.05) is 42.4 Å². The van der Waals surface area contributed by atoms with Crippen LogP contribution < -0.4 is 4.74 Å². The number of pyridine rings is 1. The van der Waals surface area contributed by atoms with Crippen molar-refractivity contribution in [1.82, 2.24) is 9.88 Å². The van der Waals surface area contributed by atoms with Crippen LogP contribution in [0.1, 0.15) is 21.5 Å². The molecule has 1 aromatic heterocycles. The summed E-state index contributed by atoms with van der Waals surface area (Å²) >= 11 is 0. The first-order valence-electron chi connectivity index (χ1n) is 11.8. The number of hydrogen-bond donors (Lipinski definition) is 0. The molecule has 1 saturated heterocycles. The Labute approximate surface area is 204 Å². The van der Waals surface area contributed by atoms with E-state index in [2.05, 4.69) is 23.2 Å². The summed E-state index contributed by atoms with van der Waals surface area (Å²) < 4.78 is 25.1. The van der Waals surface area contributed by atoms with Crippen molar-refractivity contribution in [3.8, 4) is 5.75 Å². The second-order valence-electron chi connectivity index (χ2n) is 8.86. The molecule has 1 amide bonds. The summed E-state index contributed by atoms with van der Waals surface area (Å²) in [6.07, 6.45) is 4.51. The van der Waals surface area contributed by atoms with E-state index in [1.54, 1.807) is 24.3 Å². The number of rotatable bonds is 6. The minimum Gasteiger partial charge on any atom is -0.489 e. The molecule has 0 radical (unpaired) electrons. The molecule has 35 heavy (non-hydrogen) atoms. The van der Waals surface area contributed by atoms with Crippen LogP contribution >= 0.6 is 0 Å². The van der Waals surface area contributed by atoms with Gasteiger partial charge in [-0.3, -0.25) is 9.78 Å². The largest absolute Gasteiger partial charge is 0.489 e. The lowest BCUT2D eigenvalue weighted by Crippen LogP contribution is -2.36. The Morgan fingerprint density at radius 1 is 1.09 bits per heavy atom. The monoisotopic (exact) mass is 470 g/mol. The van der Waals surface area contributed by atoms with Crippen molar-refractivity contribution in [2.75, 3.05) is 26.3 Å². The highest BCUT2D eigenvalue weighted by Crippen LogP contribution is 2.23. The predicted molar refractivity (Wildman–Crippen MR) is 133 cm³/mol. The lowest BCUT2D eigenvalue weighted by molar-refractivity contribution is 0.0737. The van der Waals surface area contributed by atoms with Crippen molar-refractivity contribution >= 4 is 16.7 Å². The number of nitrogens with zero attached hydrogens (tertiary/aromatic N) is 2. The molecule has 0 unspecified atom stereocenters. The highest BCUT2D eigenvalue weighted by Gasteiger charge is 2.24. The van der Waals surface area contributed by atoms with E-state index in [0.717, 1.165) is 17.4 Å². The molecule has 2 heterocycles. The molecule has 0 N–H and O–H groups in total. The maximum absolute atomic E-state index is 13.4. The number of ether oxygens (including phenoxy) is 2. The van der Waals surface area contributed by atoms with E-state index in [-0.39, 0.29) is 24.2 Å². The third-order valence-electron chi connectivity index (χ3n) is 6.28. The van der Waals surface area contributed by atoms with Gasteiger partial charge < -0.3 is 14.4 Å². The van der Waals surface area contributed by atoms with Gasteiger partial charge in [0.1, 0.15) is 18.2 Å². The van der Waals surface area contributed by atoms with Crippen LogP contribution in [0.2, 0.25) is 0 Å². The van der Waals surface area contributed by atoms with E-state index in [0.29, 0.717) is 37.6 Å². The lowest BCUT2D eigenvalue weighted by Gasteiger charge is -2.24. The average Bonchev–Trinajstić information content (AvgIpc) is 3.13. The number of benzene rings is 3. The zero-order chi connectivity index (χ0) is 24.0. The molecule has 1 fully saturated rings. The molecule has 0 spiro atoms. The van der Waals surface area contributed by atoms with Gasteiger partial charge in [-0.2, -0.15) is 0 Å². The second kappa shape index (κ2) is 10.7. The third-order valence-corrected chi connectivity index (χ3v) is 6.28. The summed E-state index contributed by atoms with van der Waals surface area (Å²) in [5.41, 5.74) is 2.54. The number of halogens is 1. The molecule has 1 atom stereocenters. The zero-order valence-electron chi connectivity index (χ0n) is 19.4. The Kier molecular flexibility index (Phi) is 7.00.